The van der Waals surface area contributed by atoms with Crippen LogP contribution in [0.1, 0.15) is 25.0 Å². The van der Waals surface area contributed by atoms with E-state index >= 15 is 0 Å². The minimum absolute atomic E-state index is 0.0874. The van der Waals surface area contributed by atoms with Gasteiger partial charge in [-0.15, -0.1) is 0 Å². The van der Waals surface area contributed by atoms with E-state index in [2.05, 4.69) is 10.0 Å². The Labute approximate surface area is 154 Å². The average molecular weight is 376 g/mol. The second kappa shape index (κ2) is 8.33. The molecule has 0 fully saturated rings. The normalized spacial score (nSPS) is 12.5. The first-order valence-electron chi connectivity index (χ1n) is 8.34. The summed E-state index contributed by atoms with van der Waals surface area (Å²) in [5, 5.41) is 2.78. The fourth-order valence-electron chi connectivity index (χ4n) is 2.56. The molecule has 26 heavy (non-hydrogen) atoms. The Balaban J connectivity index is 2.13. The largest absolute Gasteiger partial charge is 0.496 e. The number of para-hydroxylation sites is 1. The molecular formula is C19H24N2O4S. The molecule has 0 aromatic heterocycles. The van der Waals surface area contributed by atoms with Crippen molar-refractivity contribution < 1.29 is 17.9 Å². The molecule has 7 heteroatoms. The van der Waals surface area contributed by atoms with E-state index in [0.717, 1.165) is 12.0 Å². The topological polar surface area (TPSA) is 84.5 Å². The number of nitrogens with one attached hydrogen (secondary N) is 2. The summed E-state index contributed by atoms with van der Waals surface area (Å²) in [4.78, 5) is 12.5. The van der Waals surface area contributed by atoms with Gasteiger partial charge in [0.25, 0.3) is 0 Å². The van der Waals surface area contributed by atoms with Gasteiger partial charge in [0.1, 0.15) is 5.75 Å². The lowest BCUT2D eigenvalue weighted by molar-refractivity contribution is -0.117. The van der Waals surface area contributed by atoms with E-state index in [1.165, 1.54) is 26.2 Å². The predicted octanol–water partition coefficient (Wildman–Crippen LogP) is 2.87. The van der Waals surface area contributed by atoms with Gasteiger partial charge in [0, 0.05) is 5.69 Å². The van der Waals surface area contributed by atoms with Crippen LogP contribution < -0.4 is 14.8 Å². The molecule has 2 N–H and O–H groups in total. The highest BCUT2D eigenvalue weighted by molar-refractivity contribution is 7.89. The maximum atomic E-state index is 12.5. The summed E-state index contributed by atoms with van der Waals surface area (Å²) in [5.41, 5.74) is 2.37. The van der Waals surface area contributed by atoms with Gasteiger partial charge in [-0.2, -0.15) is 4.72 Å². The SMILES string of the molecule is CCc1ccccc1NC(=O)[C@@H](C)NS(=O)(=O)c1ccc(OC)c(C)c1. The number of hydrogen-bond acceptors (Lipinski definition) is 4. The Morgan fingerprint density at radius 2 is 1.88 bits per heavy atom. The van der Waals surface area contributed by atoms with E-state index in [1.807, 2.05) is 25.1 Å². The Morgan fingerprint density at radius 1 is 1.19 bits per heavy atom. The molecule has 140 valence electrons. The molecule has 0 saturated heterocycles. The van der Waals surface area contributed by atoms with Crippen molar-refractivity contribution in [2.75, 3.05) is 12.4 Å². The molecule has 0 aliphatic heterocycles. The summed E-state index contributed by atoms with van der Waals surface area (Å²) >= 11 is 0. The minimum atomic E-state index is -3.83. The van der Waals surface area contributed by atoms with Gasteiger partial charge in [-0.25, -0.2) is 8.42 Å². The molecule has 2 aromatic rings. The van der Waals surface area contributed by atoms with Gasteiger partial charge in [-0.3, -0.25) is 4.79 Å². The number of carbonyl (C=O) groups is 1. The van der Waals surface area contributed by atoms with E-state index in [9.17, 15) is 13.2 Å². The van der Waals surface area contributed by atoms with Gasteiger partial charge in [0.05, 0.1) is 18.0 Å². The molecule has 0 aliphatic rings. The molecule has 0 unspecified atom stereocenters. The van der Waals surface area contributed by atoms with Crippen LogP contribution in [-0.2, 0) is 21.2 Å². The summed E-state index contributed by atoms with van der Waals surface area (Å²) in [6.45, 7) is 5.26. The lowest BCUT2D eigenvalue weighted by Gasteiger charge is -2.16. The number of anilines is 1. The zero-order chi connectivity index (χ0) is 19.3. The van der Waals surface area contributed by atoms with Crippen LogP contribution in [0.25, 0.3) is 0 Å². The number of amides is 1. The molecule has 0 radical (unpaired) electrons. The number of methoxy groups -OCH3 is 1. The standard InChI is InChI=1S/C19H24N2O4S/c1-5-15-8-6-7-9-17(15)20-19(22)14(3)21-26(23,24)16-10-11-18(25-4)13(2)12-16/h6-12,14,21H,5H2,1-4H3,(H,20,22)/t14-/m1/s1. The van der Waals surface area contributed by atoms with Crippen molar-refractivity contribution in [1.82, 2.24) is 4.72 Å². The van der Waals surface area contributed by atoms with E-state index < -0.39 is 22.0 Å². The zero-order valence-electron chi connectivity index (χ0n) is 15.4. The van der Waals surface area contributed by atoms with Crippen LogP contribution in [0.2, 0.25) is 0 Å². The fraction of sp³-hybridized carbons (Fsp3) is 0.316. The van der Waals surface area contributed by atoms with Crippen molar-refractivity contribution in [1.29, 1.82) is 0 Å². The third-order valence-corrected chi connectivity index (χ3v) is 5.60. The Bertz CT molecular complexity index is 894. The van der Waals surface area contributed by atoms with Crippen LogP contribution in [0.5, 0.6) is 5.75 Å². The lowest BCUT2D eigenvalue weighted by Crippen LogP contribution is -2.41. The third-order valence-electron chi connectivity index (χ3n) is 4.06. The van der Waals surface area contributed by atoms with Gasteiger partial charge in [-0.1, -0.05) is 25.1 Å². The third kappa shape index (κ3) is 4.62. The second-order valence-electron chi connectivity index (χ2n) is 5.97. The zero-order valence-corrected chi connectivity index (χ0v) is 16.2. The Morgan fingerprint density at radius 3 is 2.50 bits per heavy atom. The van der Waals surface area contributed by atoms with Crippen molar-refractivity contribution in [3.05, 3.63) is 53.6 Å². The molecule has 0 aliphatic carbocycles. The molecule has 2 aromatic carbocycles. The number of benzene rings is 2. The molecule has 2 rings (SSSR count). The highest BCUT2D eigenvalue weighted by atomic mass is 32.2. The fourth-order valence-corrected chi connectivity index (χ4v) is 3.85. The summed E-state index contributed by atoms with van der Waals surface area (Å²) in [6.07, 6.45) is 0.766. The first-order chi connectivity index (χ1) is 12.3. The van der Waals surface area contributed by atoms with E-state index in [0.29, 0.717) is 17.0 Å². The quantitative estimate of drug-likeness (QED) is 0.778. The van der Waals surface area contributed by atoms with Crippen molar-refractivity contribution >= 4 is 21.6 Å². The first-order valence-corrected chi connectivity index (χ1v) is 9.82. The van der Waals surface area contributed by atoms with Crippen molar-refractivity contribution in [2.45, 2.75) is 38.1 Å². The van der Waals surface area contributed by atoms with Crippen LogP contribution in [-0.4, -0.2) is 27.5 Å². The maximum Gasteiger partial charge on any atom is 0.242 e. The molecule has 0 heterocycles. The highest BCUT2D eigenvalue weighted by Gasteiger charge is 2.23. The Hall–Kier alpha value is -2.38. The number of carbonyl (C=O) groups excluding carboxylic acids is 1. The van der Waals surface area contributed by atoms with Crippen molar-refractivity contribution in [2.24, 2.45) is 0 Å². The smallest absolute Gasteiger partial charge is 0.242 e. The van der Waals surface area contributed by atoms with Gasteiger partial charge < -0.3 is 10.1 Å². The summed E-state index contributed by atoms with van der Waals surface area (Å²) in [5.74, 6) is 0.186. The van der Waals surface area contributed by atoms with Crippen LogP contribution >= 0.6 is 0 Å². The molecule has 1 atom stereocenters. The lowest BCUT2D eigenvalue weighted by atomic mass is 10.1. The molecule has 0 spiro atoms. The van der Waals surface area contributed by atoms with Crippen LogP contribution in [0.3, 0.4) is 0 Å². The molecule has 6 nitrogen and oxygen atoms in total. The number of sulfonamides is 1. The molecular weight excluding hydrogens is 352 g/mol. The maximum absolute atomic E-state index is 12.5. The van der Waals surface area contributed by atoms with E-state index in [1.54, 1.807) is 19.1 Å². The first kappa shape index (κ1) is 19.9. The van der Waals surface area contributed by atoms with Gasteiger partial charge in [0.2, 0.25) is 15.9 Å². The summed E-state index contributed by atoms with van der Waals surface area (Å²) in [7, 11) is -2.30. The summed E-state index contributed by atoms with van der Waals surface area (Å²) < 4.78 is 32.6. The van der Waals surface area contributed by atoms with E-state index in [-0.39, 0.29) is 4.90 Å². The predicted molar refractivity (Wildman–Crippen MR) is 102 cm³/mol. The molecule has 0 bridgehead atoms. The summed E-state index contributed by atoms with van der Waals surface area (Å²) in [6, 6.07) is 11.1. The van der Waals surface area contributed by atoms with Crippen molar-refractivity contribution in [3.8, 4) is 5.75 Å². The average Bonchev–Trinajstić information content (AvgIpc) is 2.61. The molecule has 1 amide bonds. The minimum Gasteiger partial charge on any atom is -0.496 e. The number of ether oxygens (including phenoxy) is 1. The van der Waals surface area contributed by atoms with Gasteiger partial charge in [0.15, 0.2) is 0 Å². The van der Waals surface area contributed by atoms with Gasteiger partial charge >= 0.3 is 0 Å². The van der Waals surface area contributed by atoms with Crippen molar-refractivity contribution in [3.63, 3.8) is 0 Å². The van der Waals surface area contributed by atoms with Crippen LogP contribution in [0.15, 0.2) is 47.4 Å². The second-order valence-corrected chi connectivity index (χ2v) is 7.69. The van der Waals surface area contributed by atoms with Gasteiger partial charge in [-0.05, 0) is 55.7 Å². The Kier molecular flexibility index (Phi) is 6.39. The molecule has 0 saturated carbocycles. The monoisotopic (exact) mass is 376 g/mol. The van der Waals surface area contributed by atoms with Crippen LogP contribution in [0, 0.1) is 6.92 Å². The van der Waals surface area contributed by atoms with E-state index in [4.69, 9.17) is 4.74 Å². The van der Waals surface area contributed by atoms with Crippen LogP contribution in [0.4, 0.5) is 5.69 Å². The number of aryl methyl sites for hydroxylation is 2. The number of hydrogen-bond donors (Lipinski definition) is 2. The highest BCUT2D eigenvalue weighted by Crippen LogP contribution is 2.21. The number of rotatable bonds is 7.